The van der Waals surface area contributed by atoms with E-state index in [-0.39, 0.29) is 17.9 Å². The summed E-state index contributed by atoms with van der Waals surface area (Å²) in [6.07, 6.45) is 5.30. The van der Waals surface area contributed by atoms with Crippen LogP contribution in [0, 0.1) is 18.8 Å². The average Bonchev–Trinajstić information content (AvgIpc) is 2.90. The smallest absolute Gasteiger partial charge is 0.251 e. The van der Waals surface area contributed by atoms with Crippen molar-refractivity contribution in [2.45, 2.75) is 71.9 Å². The van der Waals surface area contributed by atoms with Crippen molar-refractivity contribution in [3.8, 4) is 0 Å². The zero-order valence-corrected chi connectivity index (χ0v) is 19.2. The van der Waals surface area contributed by atoms with Crippen molar-refractivity contribution in [2.24, 2.45) is 11.8 Å². The second kappa shape index (κ2) is 10.4. The van der Waals surface area contributed by atoms with Gasteiger partial charge >= 0.3 is 0 Å². The number of hydrogen-bond donors (Lipinski definition) is 1. The van der Waals surface area contributed by atoms with Crippen LogP contribution in [0.15, 0.2) is 24.3 Å². The zero-order chi connectivity index (χ0) is 21.7. The molecule has 166 valence electrons. The van der Waals surface area contributed by atoms with E-state index in [9.17, 15) is 9.59 Å². The van der Waals surface area contributed by atoms with E-state index in [1.165, 1.54) is 19.3 Å². The van der Waals surface area contributed by atoms with E-state index >= 15 is 0 Å². The third-order valence-electron chi connectivity index (χ3n) is 7.01. The fourth-order valence-corrected chi connectivity index (χ4v) is 4.92. The predicted octanol–water partition coefficient (Wildman–Crippen LogP) is 3.86. The van der Waals surface area contributed by atoms with Gasteiger partial charge in [-0.05, 0) is 69.0 Å². The maximum Gasteiger partial charge on any atom is 0.251 e. The molecule has 30 heavy (non-hydrogen) atoms. The van der Waals surface area contributed by atoms with Crippen LogP contribution in [-0.4, -0.2) is 59.9 Å². The first-order valence-electron chi connectivity index (χ1n) is 11.7. The standard InChI is InChI=1S/C25H39N3O2/c1-18(2)23-10-9-19(3)11-14-28(23)17-24(29)27-15-12-21(13-16-27)26-25(30)22-8-6-5-7-20(22)4/h5-8,18-19,21,23H,9-17H2,1-4H3,(H,26,30). The fraction of sp³-hybridized carbons (Fsp3) is 0.680. The van der Waals surface area contributed by atoms with Gasteiger partial charge in [0.05, 0.1) is 6.54 Å². The summed E-state index contributed by atoms with van der Waals surface area (Å²) in [6.45, 7) is 11.9. The monoisotopic (exact) mass is 413 g/mol. The highest BCUT2D eigenvalue weighted by Gasteiger charge is 2.30. The molecule has 2 fully saturated rings. The minimum atomic E-state index is -0.00339. The molecule has 0 aliphatic carbocycles. The summed E-state index contributed by atoms with van der Waals surface area (Å²) < 4.78 is 0. The van der Waals surface area contributed by atoms with Crippen LogP contribution in [0.25, 0.3) is 0 Å². The maximum absolute atomic E-state index is 13.0. The summed E-state index contributed by atoms with van der Waals surface area (Å²) in [6, 6.07) is 8.33. The van der Waals surface area contributed by atoms with Gasteiger partial charge in [0.15, 0.2) is 0 Å². The molecule has 3 rings (SSSR count). The summed E-state index contributed by atoms with van der Waals surface area (Å²) in [5, 5.41) is 3.16. The van der Waals surface area contributed by atoms with Crippen molar-refractivity contribution >= 4 is 11.8 Å². The Hall–Kier alpha value is -1.88. The van der Waals surface area contributed by atoms with Crippen LogP contribution in [0.1, 0.15) is 68.8 Å². The average molecular weight is 414 g/mol. The molecule has 0 spiro atoms. The van der Waals surface area contributed by atoms with Gasteiger partial charge in [-0.2, -0.15) is 0 Å². The van der Waals surface area contributed by atoms with E-state index in [1.54, 1.807) is 0 Å². The lowest BCUT2D eigenvalue weighted by molar-refractivity contribution is -0.134. The first kappa shape index (κ1) is 22.8. The summed E-state index contributed by atoms with van der Waals surface area (Å²) in [7, 11) is 0. The number of nitrogens with zero attached hydrogens (tertiary/aromatic N) is 2. The molecule has 1 N–H and O–H groups in total. The van der Waals surface area contributed by atoms with Gasteiger partial charge in [0.2, 0.25) is 5.91 Å². The van der Waals surface area contributed by atoms with E-state index in [0.717, 1.165) is 49.5 Å². The third-order valence-corrected chi connectivity index (χ3v) is 7.01. The molecular formula is C25H39N3O2. The van der Waals surface area contributed by atoms with Gasteiger partial charge in [-0.3, -0.25) is 14.5 Å². The van der Waals surface area contributed by atoms with Gasteiger partial charge in [-0.25, -0.2) is 0 Å². The van der Waals surface area contributed by atoms with Crippen LogP contribution in [0.3, 0.4) is 0 Å². The van der Waals surface area contributed by atoms with E-state index in [0.29, 0.717) is 18.5 Å². The van der Waals surface area contributed by atoms with E-state index in [1.807, 2.05) is 36.1 Å². The number of amides is 2. The quantitative estimate of drug-likeness (QED) is 0.797. The summed E-state index contributed by atoms with van der Waals surface area (Å²) in [5.41, 5.74) is 1.74. The molecule has 0 radical (unpaired) electrons. The van der Waals surface area contributed by atoms with E-state index in [2.05, 4.69) is 31.0 Å². The molecule has 2 saturated heterocycles. The molecule has 2 atom stereocenters. The van der Waals surface area contributed by atoms with Crippen molar-refractivity contribution < 1.29 is 9.59 Å². The highest BCUT2D eigenvalue weighted by atomic mass is 16.2. The normalized spacial score (nSPS) is 24.0. The Morgan fingerprint density at radius 3 is 2.40 bits per heavy atom. The Labute approximate surface area is 182 Å². The lowest BCUT2D eigenvalue weighted by atomic mass is 9.95. The topological polar surface area (TPSA) is 52.7 Å². The summed E-state index contributed by atoms with van der Waals surface area (Å²) in [4.78, 5) is 30.0. The fourth-order valence-electron chi connectivity index (χ4n) is 4.92. The molecule has 0 aromatic heterocycles. The Morgan fingerprint density at radius 2 is 1.73 bits per heavy atom. The molecule has 0 saturated carbocycles. The van der Waals surface area contributed by atoms with Crippen molar-refractivity contribution in [3.05, 3.63) is 35.4 Å². The molecule has 0 bridgehead atoms. The van der Waals surface area contributed by atoms with Crippen molar-refractivity contribution in [2.75, 3.05) is 26.2 Å². The van der Waals surface area contributed by atoms with Gasteiger partial charge in [0.1, 0.15) is 0 Å². The zero-order valence-electron chi connectivity index (χ0n) is 19.2. The molecule has 1 aromatic rings. The molecular weight excluding hydrogens is 374 g/mol. The molecule has 5 nitrogen and oxygen atoms in total. The molecule has 1 aromatic carbocycles. The number of aryl methyl sites for hydroxylation is 1. The Balaban J connectivity index is 1.50. The second-order valence-electron chi connectivity index (χ2n) is 9.70. The molecule has 2 aliphatic heterocycles. The molecule has 5 heteroatoms. The number of piperidine rings is 1. The number of carbonyl (C=O) groups excluding carboxylic acids is 2. The van der Waals surface area contributed by atoms with E-state index < -0.39 is 0 Å². The highest BCUT2D eigenvalue weighted by Crippen LogP contribution is 2.26. The number of likely N-dealkylation sites (tertiary alicyclic amines) is 2. The van der Waals surface area contributed by atoms with Gasteiger partial charge in [0.25, 0.3) is 5.91 Å². The van der Waals surface area contributed by atoms with Crippen molar-refractivity contribution in [1.82, 2.24) is 15.1 Å². The van der Waals surface area contributed by atoms with Gasteiger partial charge in [0, 0.05) is 30.7 Å². The Bertz CT molecular complexity index is 725. The molecule has 2 aliphatic rings. The van der Waals surface area contributed by atoms with Crippen molar-refractivity contribution in [1.29, 1.82) is 0 Å². The van der Waals surface area contributed by atoms with E-state index in [4.69, 9.17) is 0 Å². The largest absolute Gasteiger partial charge is 0.349 e. The lowest BCUT2D eigenvalue weighted by Gasteiger charge is -2.36. The molecule has 2 amide bonds. The van der Waals surface area contributed by atoms with Crippen LogP contribution in [0.2, 0.25) is 0 Å². The first-order chi connectivity index (χ1) is 14.3. The molecule has 2 unspecified atom stereocenters. The Kier molecular flexibility index (Phi) is 7.93. The lowest BCUT2D eigenvalue weighted by Crippen LogP contribution is -2.50. The number of rotatable bonds is 5. The SMILES string of the molecule is Cc1ccccc1C(=O)NC1CCN(C(=O)CN2CCC(C)CCC2C(C)C)CC1. The number of hydrogen-bond acceptors (Lipinski definition) is 3. The first-order valence-corrected chi connectivity index (χ1v) is 11.7. The van der Waals surface area contributed by atoms with Gasteiger partial charge in [-0.15, -0.1) is 0 Å². The van der Waals surface area contributed by atoms with Crippen molar-refractivity contribution in [3.63, 3.8) is 0 Å². The second-order valence-corrected chi connectivity index (χ2v) is 9.70. The summed E-state index contributed by atoms with van der Waals surface area (Å²) in [5.74, 6) is 1.57. The van der Waals surface area contributed by atoms with Crippen LogP contribution < -0.4 is 5.32 Å². The van der Waals surface area contributed by atoms with Crippen LogP contribution in [0.4, 0.5) is 0 Å². The predicted molar refractivity (Wildman–Crippen MR) is 121 cm³/mol. The number of nitrogens with one attached hydrogen (secondary N) is 1. The van der Waals surface area contributed by atoms with Crippen LogP contribution in [-0.2, 0) is 4.79 Å². The number of benzene rings is 1. The minimum Gasteiger partial charge on any atom is -0.349 e. The summed E-state index contributed by atoms with van der Waals surface area (Å²) >= 11 is 0. The van der Waals surface area contributed by atoms with Gasteiger partial charge in [-0.1, -0.05) is 39.0 Å². The minimum absolute atomic E-state index is 0.00339. The maximum atomic E-state index is 13.0. The van der Waals surface area contributed by atoms with Crippen LogP contribution >= 0.6 is 0 Å². The van der Waals surface area contributed by atoms with Gasteiger partial charge < -0.3 is 10.2 Å². The third kappa shape index (κ3) is 5.84. The Morgan fingerprint density at radius 1 is 1.03 bits per heavy atom. The number of carbonyl (C=O) groups is 2. The molecule has 2 heterocycles. The highest BCUT2D eigenvalue weighted by molar-refractivity contribution is 5.95. The van der Waals surface area contributed by atoms with Crippen LogP contribution in [0.5, 0.6) is 0 Å².